The molecular weight excluding hydrogens is 330 g/mol. The molecular formula is C16H27N3O4S. The molecule has 0 aliphatic heterocycles. The van der Waals surface area contributed by atoms with E-state index in [9.17, 15) is 13.2 Å². The van der Waals surface area contributed by atoms with Gasteiger partial charge in [0.1, 0.15) is 11.8 Å². The van der Waals surface area contributed by atoms with Crippen molar-refractivity contribution in [1.29, 1.82) is 0 Å². The molecule has 0 bridgehead atoms. The van der Waals surface area contributed by atoms with Crippen molar-refractivity contribution in [3.8, 4) is 5.75 Å². The average Bonchev–Trinajstić information content (AvgIpc) is 2.57. The fourth-order valence-corrected chi connectivity index (χ4v) is 3.29. The Morgan fingerprint density at radius 3 is 2.21 bits per heavy atom. The topological polar surface area (TPSA) is 96.5 Å². The molecule has 0 aliphatic rings. The van der Waals surface area contributed by atoms with Crippen LogP contribution in [0.2, 0.25) is 0 Å². The van der Waals surface area contributed by atoms with E-state index in [1.807, 2.05) is 6.92 Å². The second kappa shape index (κ2) is 9.00. The van der Waals surface area contributed by atoms with Gasteiger partial charge in [0.05, 0.1) is 12.0 Å². The van der Waals surface area contributed by atoms with Crippen molar-refractivity contribution in [3.05, 3.63) is 24.3 Å². The highest BCUT2D eigenvalue weighted by Gasteiger charge is 2.28. The number of methoxy groups -OCH3 is 1. The Hall–Kier alpha value is -1.64. The van der Waals surface area contributed by atoms with Gasteiger partial charge in [-0.3, -0.25) is 4.79 Å². The average molecular weight is 357 g/mol. The Bertz CT molecular complexity index is 629. The van der Waals surface area contributed by atoms with E-state index >= 15 is 0 Å². The van der Waals surface area contributed by atoms with Crippen molar-refractivity contribution in [2.75, 3.05) is 20.7 Å². The Kier molecular flexibility index (Phi) is 7.65. The van der Waals surface area contributed by atoms with Gasteiger partial charge in [-0.05, 0) is 44.2 Å². The van der Waals surface area contributed by atoms with Gasteiger partial charge in [0.15, 0.2) is 0 Å². The van der Waals surface area contributed by atoms with Crippen LogP contribution in [0.4, 0.5) is 0 Å². The van der Waals surface area contributed by atoms with Gasteiger partial charge >= 0.3 is 0 Å². The van der Waals surface area contributed by atoms with Crippen LogP contribution in [-0.4, -0.2) is 47.1 Å². The van der Waals surface area contributed by atoms with Crippen LogP contribution in [0.3, 0.4) is 0 Å². The first kappa shape index (κ1) is 20.4. The number of ether oxygens (including phenoxy) is 1. The monoisotopic (exact) mass is 357 g/mol. The van der Waals surface area contributed by atoms with Gasteiger partial charge in [-0.15, -0.1) is 0 Å². The molecule has 0 saturated carbocycles. The summed E-state index contributed by atoms with van der Waals surface area (Å²) in [6.45, 7) is 5.93. The summed E-state index contributed by atoms with van der Waals surface area (Å²) in [4.78, 5) is 12.4. The maximum Gasteiger partial charge on any atom is 0.241 e. The van der Waals surface area contributed by atoms with Crippen molar-refractivity contribution in [1.82, 2.24) is 15.4 Å². The Morgan fingerprint density at radius 1 is 1.17 bits per heavy atom. The highest BCUT2D eigenvalue weighted by atomic mass is 32.2. The van der Waals surface area contributed by atoms with Crippen LogP contribution in [0.5, 0.6) is 5.75 Å². The molecule has 0 spiro atoms. The third kappa shape index (κ3) is 5.77. The van der Waals surface area contributed by atoms with Crippen molar-refractivity contribution in [3.63, 3.8) is 0 Å². The molecule has 1 aromatic carbocycles. The van der Waals surface area contributed by atoms with Crippen molar-refractivity contribution >= 4 is 15.9 Å². The molecule has 1 aromatic rings. The number of rotatable bonds is 9. The van der Waals surface area contributed by atoms with Crippen LogP contribution in [-0.2, 0) is 14.8 Å². The number of hydrogen-bond donors (Lipinski definition) is 3. The molecule has 136 valence electrons. The first-order valence-electron chi connectivity index (χ1n) is 7.82. The maximum atomic E-state index is 12.5. The van der Waals surface area contributed by atoms with E-state index in [0.717, 1.165) is 0 Å². The lowest BCUT2D eigenvalue weighted by Gasteiger charge is -2.22. The van der Waals surface area contributed by atoms with Gasteiger partial charge in [-0.2, -0.15) is 4.72 Å². The highest BCUT2D eigenvalue weighted by molar-refractivity contribution is 7.89. The van der Waals surface area contributed by atoms with Crippen LogP contribution in [0.1, 0.15) is 20.8 Å². The lowest BCUT2D eigenvalue weighted by Crippen LogP contribution is -2.51. The van der Waals surface area contributed by atoms with Gasteiger partial charge in [0.25, 0.3) is 0 Å². The lowest BCUT2D eigenvalue weighted by molar-refractivity contribution is -0.123. The predicted molar refractivity (Wildman–Crippen MR) is 93.5 cm³/mol. The minimum absolute atomic E-state index is 0.0883. The molecule has 1 amide bonds. The summed E-state index contributed by atoms with van der Waals surface area (Å²) in [5.41, 5.74) is 0. The van der Waals surface area contributed by atoms with Gasteiger partial charge in [-0.25, -0.2) is 8.42 Å². The number of benzene rings is 1. The number of nitrogens with one attached hydrogen (secondary N) is 3. The zero-order chi connectivity index (χ0) is 18.3. The van der Waals surface area contributed by atoms with E-state index in [1.54, 1.807) is 33.0 Å². The zero-order valence-corrected chi connectivity index (χ0v) is 15.6. The molecule has 3 N–H and O–H groups in total. The van der Waals surface area contributed by atoms with E-state index in [-0.39, 0.29) is 22.8 Å². The van der Waals surface area contributed by atoms with E-state index in [0.29, 0.717) is 12.3 Å². The van der Waals surface area contributed by atoms with Crippen LogP contribution >= 0.6 is 0 Å². The molecule has 2 unspecified atom stereocenters. The molecule has 0 saturated heterocycles. The first-order chi connectivity index (χ1) is 11.2. The quantitative estimate of drug-likeness (QED) is 0.605. The Morgan fingerprint density at radius 2 is 1.75 bits per heavy atom. The third-order valence-electron chi connectivity index (χ3n) is 3.68. The molecule has 2 atom stereocenters. The Labute approximate surface area is 144 Å². The maximum absolute atomic E-state index is 12.5. The number of carbonyl (C=O) groups excluding carboxylic acids is 1. The fraction of sp³-hybridized carbons (Fsp3) is 0.562. The second-order valence-corrected chi connectivity index (χ2v) is 7.67. The van der Waals surface area contributed by atoms with Gasteiger partial charge < -0.3 is 15.4 Å². The van der Waals surface area contributed by atoms with E-state index in [1.165, 1.54) is 19.2 Å². The van der Waals surface area contributed by atoms with Crippen LogP contribution in [0.25, 0.3) is 0 Å². The molecule has 0 heterocycles. The van der Waals surface area contributed by atoms with Gasteiger partial charge in [-0.1, -0.05) is 13.8 Å². The molecule has 0 radical (unpaired) electrons. The van der Waals surface area contributed by atoms with Gasteiger partial charge in [0.2, 0.25) is 15.9 Å². The Balaban J connectivity index is 2.87. The second-order valence-electron chi connectivity index (χ2n) is 5.95. The fourth-order valence-electron chi connectivity index (χ4n) is 1.95. The van der Waals surface area contributed by atoms with Gasteiger partial charge in [0, 0.05) is 12.6 Å². The van der Waals surface area contributed by atoms with Crippen LogP contribution < -0.4 is 20.1 Å². The lowest BCUT2D eigenvalue weighted by atomic mass is 10.1. The number of hydrogen-bond acceptors (Lipinski definition) is 5. The van der Waals surface area contributed by atoms with Crippen molar-refractivity contribution < 1.29 is 17.9 Å². The first-order valence-corrected chi connectivity index (χ1v) is 9.31. The van der Waals surface area contributed by atoms with Crippen LogP contribution in [0.15, 0.2) is 29.2 Å². The molecule has 0 aliphatic carbocycles. The number of sulfonamides is 1. The smallest absolute Gasteiger partial charge is 0.241 e. The summed E-state index contributed by atoms with van der Waals surface area (Å²) in [5.74, 6) is 0.0280. The van der Waals surface area contributed by atoms with E-state index in [2.05, 4.69) is 15.4 Å². The largest absolute Gasteiger partial charge is 0.497 e. The van der Waals surface area contributed by atoms with E-state index < -0.39 is 16.1 Å². The van der Waals surface area contributed by atoms with E-state index in [4.69, 9.17) is 4.74 Å². The summed E-state index contributed by atoms with van der Waals surface area (Å²) in [6, 6.07) is 5.27. The van der Waals surface area contributed by atoms with Crippen molar-refractivity contribution in [2.45, 2.75) is 37.8 Å². The summed E-state index contributed by atoms with van der Waals surface area (Å²) < 4.78 is 32.5. The number of amides is 1. The minimum atomic E-state index is -3.80. The summed E-state index contributed by atoms with van der Waals surface area (Å²) in [5, 5.41) is 5.77. The molecule has 0 aromatic heterocycles. The molecule has 24 heavy (non-hydrogen) atoms. The zero-order valence-electron chi connectivity index (χ0n) is 14.8. The molecule has 8 heteroatoms. The van der Waals surface area contributed by atoms with Crippen molar-refractivity contribution in [2.24, 2.45) is 5.92 Å². The standard InChI is InChI=1S/C16H27N3O4S/c1-11(2)15(16(20)18-10-12(3)17-4)19-24(21,22)14-8-6-13(23-5)7-9-14/h6-9,11-12,15,17,19H,10H2,1-5H3,(H,18,20). The normalized spacial score (nSPS) is 14.2. The van der Waals surface area contributed by atoms with Crippen LogP contribution in [0, 0.1) is 5.92 Å². The molecule has 7 nitrogen and oxygen atoms in total. The minimum Gasteiger partial charge on any atom is -0.497 e. The summed E-state index contributed by atoms with van der Waals surface area (Å²) >= 11 is 0. The summed E-state index contributed by atoms with van der Waals surface area (Å²) in [7, 11) is -0.499. The molecule has 1 rings (SSSR count). The number of likely N-dealkylation sites (N-methyl/N-ethyl adjacent to an activating group) is 1. The highest BCUT2D eigenvalue weighted by Crippen LogP contribution is 2.16. The number of carbonyl (C=O) groups is 1. The predicted octanol–water partition coefficient (Wildman–Crippen LogP) is 0.722. The molecule has 0 fully saturated rings. The SMILES string of the molecule is CNC(C)CNC(=O)C(NS(=O)(=O)c1ccc(OC)cc1)C(C)C. The summed E-state index contributed by atoms with van der Waals surface area (Å²) in [6.07, 6.45) is 0. The third-order valence-corrected chi connectivity index (χ3v) is 5.13.